The minimum absolute atomic E-state index is 0.133. The summed E-state index contributed by atoms with van der Waals surface area (Å²) in [7, 11) is 0. The van der Waals surface area contributed by atoms with E-state index >= 15 is 0 Å². The largest absolute Gasteiger partial charge is 0.481 e. The number of hydrogen-bond acceptors (Lipinski definition) is 4. The number of fused-ring (bicyclic) bond motifs is 3. The lowest BCUT2D eigenvalue weighted by atomic mass is 9.94. The first kappa shape index (κ1) is 25.1. The van der Waals surface area contributed by atoms with Gasteiger partial charge < -0.3 is 20.5 Å². The van der Waals surface area contributed by atoms with E-state index in [2.05, 4.69) is 5.32 Å². The molecule has 3 rings (SSSR count). The van der Waals surface area contributed by atoms with Crippen molar-refractivity contribution in [2.75, 3.05) is 13.2 Å². The van der Waals surface area contributed by atoms with Gasteiger partial charge in [-0.3, -0.25) is 9.59 Å². The summed E-state index contributed by atoms with van der Waals surface area (Å²) >= 11 is 0. The number of benzene rings is 2. The van der Waals surface area contributed by atoms with Crippen LogP contribution in [0.4, 0.5) is 18.0 Å². The van der Waals surface area contributed by atoms with E-state index in [0.717, 1.165) is 22.3 Å². The summed E-state index contributed by atoms with van der Waals surface area (Å²) in [6.07, 6.45) is -7.55. The van der Waals surface area contributed by atoms with E-state index in [1.54, 1.807) is 0 Å². The van der Waals surface area contributed by atoms with Crippen molar-refractivity contribution in [2.24, 2.45) is 5.41 Å². The second-order valence-electron chi connectivity index (χ2n) is 8.75. The van der Waals surface area contributed by atoms with E-state index in [1.807, 2.05) is 53.8 Å². The number of carboxylic acids is 1. The molecule has 0 saturated carbocycles. The number of aliphatic carboxylic acids is 1. The van der Waals surface area contributed by atoms with E-state index in [-0.39, 0.29) is 12.5 Å². The van der Waals surface area contributed by atoms with Gasteiger partial charge in [-0.05, 0) is 36.1 Å². The molecule has 0 saturated heterocycles. The highest BCUT2D eigenvalue weighted by atomic mass is 19.4. The molecule has 3 N–H and O–H groups in total. The van der Waals surface area contributed by atoms with Crippen molar-refractivity contribution < 1.29 is 37.4 Å². The highest BCUT2D eigenvalue weighted by Crippen LogP contribution is 2.44. The molecule has 2 aromatic rings. The Hall–Kier alpha value is -3.56. The van der Waals surface area contributed by atoms with Crippen LogP contribution in [0.2, 0.25) is 0 Å². The third kappa shape index (κ3) is 5.86. The Morgan fingerprint density at radius 3 is 2.03 bits per heavy atom. The van der Waals surface area contributed by atoms with Crippen molar-refractivity contribution in [1.29, 1.82) is 0 Å². The summed E-state index contributed by atoms with van der Waals surface area (Å²) in [4.78, 5) is 35.9. The molecule has 0 heterocycles. The second-order valence-corrected chi connectivity index (χ2v) is 8.75. The van der Waals surface area contributed by atoms with Gasteiger partial charge in [-0.15, -0.1) is 0 Å². The molecule has 0 fully saturated rings. The van der Waals surface area contributed by atoms with Crippen molar-refractivity contribution in [3.63, 3.8) is 0 Å². The van der Waals surface area contributed by atoms with Crippen LogP contribution in [0.5, 0.6) is 0 Å². The van der Waals surface area contributed by atoms with E-state index in [9.17, 15) is 27.6 Å². The molecule has 1 unspecified atom stereocenters. The van der Waals surface area contributed by atoms with Gasteiger partial charge in [-0.2, -0.15) is 13.2 Å². The van der Waals surface area contributed by atoms with Gasteiger partial charge in [0.15, 0.2) is 0 Å². The molecular weight excluding hydrogens is 453 g/mol. The van der Waals surface area contributed by atoms with Crippen molar-refractivity contribution in [3.05, 3.63) is 59.7 Å². The topological polar surface area (TPSA) is 105 Å². The molecule has 0 radical (unpaired) electrons. The standard InChI is InChI=1S/C24H25F3N2O5/c1-23(2,21(31)32)13-28-20(30)19(11-24(25,26)27)29-22(33)34-12-18-16-9-5-3-7-14(16)15-8-4-6-10-17(15)18/h3-10,18-19H,11-13H2,1-2H3,(H,28,30)(H,29,33)(H,31,32). The minimum Gasteiger partial charge on any atom is -0.481 e. The average Bonchev–Trinajstić information content (AvgIpc) is 3.08. The van der Waals surface area contributed by atoms with Crippen LogP contribution in [-0.4, -0.2) is 48.4 Å². The number of alkyl carbamates (subject to hydrolysis) is 1. The third-order valence-corrected chi connectivity index (χ3v) is 5.67. The zero-order valence-electron chi connectivity index (χ0n) is 18.6. The quantitative estimate of drug-likeness (QED) is 0.531. The monoisotopic (exact) mass is 478 g/mol. The van der Waals surface area contributed by atoms with Crippen LogP contribution < -0.4 is 10.6 Å². The van der Waals surface area contributed by atoms with Crippen molar-refractivity contribution in [2.45, 2.75) is 38.4 Å². The van der Waals surface area contributed by atoms with Crippen LogP contribution in [0, 0.1) is 5.41 Å². The first-order valence-corrected chi connectivity index (χ1v) is 10.6. The van der Waals surface area contributed by atoms with E-state index in [0.29, 0.717) is 0 Å². The smallest absolute Gasteiger partial charge is 0.407 e. The molecule has 0 bridgehead atoms. The maximum atomic E-state index is 13.0. The first-order chi connectivity index (χ1) is 15.9. The molecule has 1 atom stereocenters. The van der Waals surface area contributed by atoms with Crippen LogP contribution in [0.15, 0.2) is 48.5 Å². The Morgan fingerprint density at radius 1 is 1.00 bits per heavy atom. The van der Waals surface area contributed by atoms with Crippen molar-refractivity contribution in [1.82, 2.24) is 10.6 Å². The van der Waals surface area contributed by atoms with Crippen LogP contribution in [0.1, 0.15) is 37.3 Å². The lowest BCUT2D eigenvalue weighted by Crippen LogP contribution is -2.51. The van der Waals surface area contributed by atoms with Crippen LogP contribution in [0.3, 0.4) is 0 Å². The number of rotatable bonds is 8. The van der Waals surface area contributed by atoms with Crippen LogP contribution >= 0.6 is 0 Å². The molecule has 0 aliphatic heterocycles. The number of carbonyl (C=O) groups is 3. The SMILES string of the molecule is CC(C)(CNC(=O)C(CC(F)(F)F)NC(=O)OCC1c2ccccc2-c2ccccc21)C(=O)O. The van der Waals surface area contributed by atoms with Crippen LogP contribution in [-0.2, 0) is 14.3 Å². The fourth-order valence-corrected chi connectivity index (χ4v) is 3.73. The second kappa shape index (κ2) is 9.74. The van der Waals surface area contributed by atoms with Gasteiger partial charge >= 0.3 is 18.2 Å². The van der Waals surface area contributed by atoms with Gasteiger partial charge in [-0.25, -0.2) is 4.79 Å². The normalized spacial score (nSPS) is 14.0. The van der Waals surface area contributed by atoms with Gasteiger partial charge in [-0.1, -0.05) is 48.5 Å². The number of nitrogens with one attached hydrogen (secondary N) is 2. The fraction of sp³-hybridized carbons (Fsp3) is 0.375. The molecule has 10 heteroatoms. The maximum absolute atomic E-state index is 13.0. The molecule has 182 valence electrons. The highest BCUT2D eigenvalue weighted by molar-refractivity contribution is 5.86. The minimum atomic E-state index is -4.75. The van der Waals surface area contributed by atoms with Crippen molar-refractivity contribution >= 4 is 18.0 Å². The Morgan fingerprint density at radius 2 is 1.53 bits per heavy atom. The van der Waals surface area contributed by atoms with Gasteiger partial charge in [0.05, 0.1) is 11.8 Å². The summed E-state index contributed by atoms with van der Waals surface area (Å²) in [6.45, 7) is 2.08. The van der Waals surface area contributed by atoms with Crippen molar-refractivity contribution in [3.8, 4) is 11.1 Å². The Balaban J connectivity index is 1.67. The predicted octanol–water partition coefficient (Wildman–Crippen LogP) is 4.07. The van der Waals surface area contributed by atoms with Crippen LogP contribution in [0.25, 0.3) is 11.1 Å². The number of hydrogen-bond donors (Lipinski definition) is 3. The number of amides is 2. The number of carboxylic acid groups (broad SMARTS) is 1. The molecule has 1 aliphatic rings. The molecule has 7 nitrogen and oxygen atoms in total. The Labute approximate surface area is 194 Å². The van der Waals surface area contributed by atoms with E-state index in [1.165, 1.54) is 13.8 Å². The summed E-state index contributed by atoms with van der Waals surface area (Å²) in [5.74, 6) is -2.69. The van der Waals surface area contributed by atoms with Gasteiger partial charge in [0.25, 0.3) is 0 Å². The number of ether oxygens (including phenoxy) is 1. The Bertz CT molecular complexity index is 1040. The predicted molar refractivity (Wildman–Crippen MR) is 117 cm³/mol. The van der Waals surface area contributed by atoms with Gasteiger partial charge in [0, 0.05) is 12.5 Å². The van der Waals surface area contributed by atoms with E-state index < -0.39 is 48.6 Å². The first-order valence-electron chi connectivity index (χ1n) is 10.6. The van der Waals surface area contributed by atoms with E-state index in [4.69, 9.17) is 9.84 Å². The number of halogens is 3. The lowest BCUT2D eigenvalue weighted by molar-refractivity contribution is -0.151. The van der Waals surface area contributed by atoms with Gasteiger partial charge in [0.1, 0.15) is 12.6 Å². The summed E-state index contributed by atoms with van der Waals surface area (Å²) < 4.78 is 44.3. The van der Waals surface area contributed by atoms with Gasteiger partial charge in [0.2, 0.25) is 5.91 Å². The molecule has 2 amide bonds. The highest BCUT2D eigenvalue weighted by Gasteiger charge is 2.38. The zero-order chi connectivity index (χ0) is 25.1. The molecule has 0 aromatic heterocycles. The average molecular weight is 478 g/mol. The Kier molecular flexibility index (Phi) is 7.18. The third-order valence-electron chi connectivity index (χ3n) is 5.67. The zero-order valence-corrected chi connectivity index (χ0v) is 18.6. The lowest BCUT2D eigenvalue weighted by Gasteiger charge is -2.24. The number of carbonyl (C=O) groups excluding carboxylic acids is 2. The molecule has 34 heavy (non-hydrogen) atoms. The molecule has 0 spiro atoms. The summed E-state index contributed by atoms with van der Waals surface area (Å²) in [5, 5.41) is 13.3. The summed E-state index contributed by atoms with van der Waals surface area (Å²) in [6, 6.07) is 13.2. The molecule has 1 aliphatic carbocycles. The summed E-state index contributed by atoms with van der Waals surface area (Å²) in [5.41, 5.74) is 2.43. The molecule has 2 aromatic carbocycles. The number of alkyl halides is 3. The maximum Gasteiger partial charge on any atom is 0.407 e. The fourth-order valence-electron chi connectivity index (χ4n) is 3.73. The molecular formula is C24H25F3N2O5.